The van der Waals surface area contributed by atoms with Gasteiger partial charge >= 0.3 is 0 Å². The van der Waals surface area contributed by atoms with Crippen molar-refractivity contribution in [3.8, 4) is 5.75 Å². The maximum absolute atomic E-state index is 6.23. The molecule has 4 heteroatoms. The molecule has 114 valence electrons. The second-order valence-corrected chi connectivity index (χ2v) is 6.57. The highest BCUT2D eigenvalue weighted by Gasteiger charge is 2.41. The molecular formula is C17H23NO3. The quantitative estimate of drug-likeness (QED) is 0.908. The molecule has 0 amide bonds. The van der Waals surface area contributed by atoms with E-state index in [0.29, 0.717) is 6.61 Å². The van der Waals surface area contributed by atoms with Crippen LogP contribution in [0, 0.1) is 0 Å². The molecule has 0 bridgehead atoms. The lowest BCUT2D eigenvalue weighted by Gasteiger charge is -2.37. The van der Waals surface area contributed by atoms with Crippen LogP contribution in [0.3, 0.4) is 0 Å². The average molecular weight is 289 g/mol. The van der Waals surface area contributed by atoms with E-state index >= 15 is 0 Å². The summed E-state index contributed by atoms with van der Waals surface area (Å²) in [6.45, 7) is 2.29. The summed E-state index contributed by atoms with van der Waals surface area (Å²) in [5, 5.41) is 0. The van der Waals surface area contributed by atoms with E-state index in [1.54, 1.807) is 0 Å². The third kappa shape index (κ3) is 2.56. The summed E-state index contributed by atoms with van der Waals surface area (Å²) in [6, 6.07) is 6.58. The summed E-state index contributed by atoms with van der Waals surface area (Å²) in [5.41, 5.74) is 8.63. The maximum atomic E-state index is 6.23. The predicted molar refractivity (Wildman–Crippen MR) is 79.5 cm³/mol. The SMILES string of the molecule is N[C@H]1CCc2cc(OC3CCOC4(CCOC4)C3)ccc21. The minimum absolute atomic E-state index is 0.0952. The zero-order valence-corrected chi connectivity index (χ0v) is 12.3. The highest BCUT2D eigenvalue weighted by atomic mass is 16.6. The molecule has 0 saturated carbocycles. The maximum Gasteiger partial charge on any atom is 0.120 e. The third-order valence-electron chi connectivity index (χ3n) is 5.06. The molecule has 2 heterocycles. The van der Waals surface area contributed by atoms with Gasteiger partial charge < -0.3 is 19.9 Å². The summed E-state index contributed by atoms with van der Waals surface area (Å²) in [6.07, 6.45) is 5.23. The zero-order valence-electron chi connectivity index (χ0n) is 12.3. The highest BCUT2D eigenvalue weighted by molar-refractivity contribution is 5.40. The van der Waals surface area contributed by atoms with Crippen LogP contribution in [0.4, 0.5) is 0 Å². The first-order chi connectivity index (χ1) is 10.2. The molecule has 0 radical (unpaired) electrons. The van der Waals surface area contributed by atoms with Gasteiger partial charge in [-0.05, 0) is 36.1 Å². The van der Waals surface area contributed by atoms with Crippen molar-refractivity contribution in [1.29, 1.82) is 0 Å². The number of rotatable bonds is 2. The number of hydrogen-bond acceptors (Lipinski definition) is 4. The Kier molecular flexibility index (Phi) is 3.40. The lowest BCUT2D eigenvalue weighted by atomic mass is 9.91. The molecule has 2 aliphatic heterocycles. The molecule has 4 nitrogen and oxygen atoms in total. The van der Waals surface area contributed by atoms with Crippen LogP contribution < -0.4 is 10.5 Å². The van der Waals surface area contributed by atoms with Crippen LogP contribution in [-0.4, -0.2) is 31.5 Å². The van der Waals surface area contributed by atoms with E-state index in [2.05, 4.69) is 18.2 Å². The molecule has 1 spiro atoms. The van der Waals surface area contributed by atoms with Crippen molar-refractivity contribution in [3.63, 3.8) is 0 Å². The average Bonchev–Trinajstić information content (AvgIpc) is 3.07. The first-order valence-electron chi connectivity index (χ1n) is 8.01. The summed E-state index contributed by atoms with van der Waals surface area (Å²) in [4.78, 5) is 0. The predicted octanol–water partition coefficient (Wildman–Crippen LogP) is 2.35. The number of benzene rings is 1. The van der Waals surface area contributed by atoms with Gasteiger partial charge in [0.1, 0.15) is 11.9 Å². The van der Waals surface area contributed by atoms with Crippen LogP contribution in [0.15, 0.2) is 18.2 Å². The Labute approximate surface area is 125 Å². The Morgan fingerprint density at radius 2 is 2.19 bits per heavy atom. The lowest BCUT2D eigenvalue weighted by Crippen LogP contribution is -2.44. The molecule has 21 heavy (non-hydrogen) atoms. The van der Waals surface area contributed by atoms with Crippen LogP contribution in [0.25, 0.3) is 0 Å². The van der Waals surface area contributed by atoms with Gasteiger partial charge in [-0.25, -0.2) is 0 Å². The standard InChI is InChI=1S/C17H23NO3/c18-16-4-1-12-9-13(2-3-15(12)16)21-14-5-7-20-17(10-14)6-8-19-11-17/h2-3,9,14,16H,1,4-8,10-11,18H2/t14?,16-,17?/m0/s1. The van der Waals surface area contributed by atoms with E-state index in [4.69, 9.17) is 19.9 Å². The van der Waals surface area contributed by atoms with Crippen molar-refractivity contribution in [3.05, 3.63) is 29.3 Å². The van der Waals surface area contributed by atoms with E-state index in [0.717, 1.165) is 51.1 Å². The second-order valence-electron chi connectivity index (χ2n) is 6.57. The van der Waals surface area contributed by atoms with E-state index in [-0.39, 0.29) is 17.7 Å². The van der Waals surface area contributed by atoms with Gasteiger partial charge in [-0.1, -0.05) is 6.07 Å². The van der Waals surface area contributed by atoms with Gasteiger partial charge in [-0.2, -0.15) is 0 Å². The van der Waals surface area contributed by atoms with Crippen LogP contribution in [0.1, 0.15) is 42.9 Å². The van der Waals surface area contributed by atoms with Gasteiger partial charge in [0.05, 0.1) is 18.8 Å². The van der Waals surface area contributed by atoms with Crippen molar-refractivity contribution in [2.45, 2.75) is 49.9 Å². The van der Waals surface area contributed by atoms with E-state index < -0.39 is 0 Å². The molecule has 2 unspecified atom stereocenters. The smallest absolute Gasteiger partial charge is 0.120 e. The van der Waals surface area contributed by atoms with Gasteiger partial charge in [-0.3, -0.25) is 0 Å². The fourth-order valence-electron chi connectivity index (χ4n) is 3.84. The van der Waals surface area contributed by atoms with Crippen molar-refractivity contribution in [2.75, 3.05) is 19.8 Å². The van der Waals surface area contributed by atoms with E-state index in [1.165, 1.54) is 11.1 Å². The fraction of sp³-hybridized carbons (Fsp3) is 0.647. The molecule has 2 N–H and O–H groups in total. The second kappa shape index (κ2) is 5.27. The number of ether oxygens (including phenoxy) is 3. The van der Waals surface area contributed by atoms with Crippen molar-refractivity contribution in [2.24, 2.45) is 5.73 Å². The van der Waals surface area contributed by atoms with Crippen LogP contribution in [0.5, 0.6) is 5.75 Å². The zero-order chi connectivity index (χ0) is 14.3. The minimum atomic E-state index is -0.0952. The van der Waals surface area contributed by atoms with Gasteiger partial charge in [0.15, 0.2) is 0 Å². The highest BCUT2D eigenvalue weighted by Crippen LogP contribution is 2.36. The van der Waals surface area contributed by atoms with E-state index in [9.17, 15) is 0 Å². The minimum Gasteiger partial charge on any atom is -0.490 e. The first-order valence-corrected chi connectivity index (χ1v) is 8.01. The summed E-state index contributed by atoms with van der Waals surface area (Å²) in [5.74, 6) is 0.976. The Balaban J connectivity index is 1.46. The van der Waals surface area contributed by atoms with Crippen LogP contribution >= 0.6 is 0 Å². The molecule has 1 aromatic carbocycles. The van der Waals surface area contributed by atoms with Crippen LogP contribution in [-0.2, 0) is 15.9 Å². The number of hydrogen-bond donors (Lipinski definition) is 1. The van der Waals surface area contributed by atoms with Crippen molar-refractivity contribution < 1.29 is 14.2 Å². The topological polar surface area (TPSA) is 53.7 Å². The fourth-order valence-corrected chi connectivity index (χ4v) is 3.84. The third-order valence-corrected chi connectivity index (χ3v) is 5.06. The monoisotopic (exact) mass is 289 g/mol. The molecule has 3 atom stereocenters. The first kappa shape index (κ1) is 13.6. The van der Waals surface area contributed by atoms with Gasteiger partial charge in [0.25, 0.3) is 0 Å². The molecule has 0 aromatic heterocycles. The van der Waals surface area contributed by atoms with Crippen molar-refractivity contribution in [1.82, 2.24) is 0 Å². The molecule has 1 aliphatic carbocycles. The molecule has 3 aliphatic rings. The van der Waals surface area contributed by atoms with Crippen LogP contribution in [0.2, 0.25) is 0 Å². The number of aryl methyl sites for hydroxylation is 1. The van der Waals surface area contributed by atoms with E-state index in [1.807, 2.05) is 0 Å². The van der Waals surface area contributed by atoms with Gasteiger partial charge in [0.2, 0.25) is 0 Å². The molecule has 4 rings (SSSR count). The molecular weight excluding hydrogens is 266 g/mol. The van der Waals surface area contributed by atoms with Crippen molar-refractivity contribution >= 4 is 0 Å². The Morgan fingerprint density at radius 3 is 3.05 bits per heavy atom. The normalized spacial score (nSPS) is 35.1. The molecule has 2 saturated heterocycles. The van der Waals surface area contributed by atoms with Gasteiger partial charge in [0, 0.05) is 31.9 Å². The number of fused-ring (bicyclic) bond motifs is 1. The Bertz CT molecular complexity index is 525. The van der Waals surface area contributed by atoms with Gasteiger partial charge in [-0.15, -0.1) is 0 Å². The summed E-state index contributed by atoms with van der Waals surface area (Å²) < 4.78 is 17.7. The lowest BCUT2D eigenvalue weighted by molar-refractivity contribution is -0.112. The molecule has 1 aromatic rings. The molecule has 2 fully saturated rings. The summed E-state index contributed by atoms with van der Waals surface area (Å²) >= 11 is 0. The summed E-state index contributed by atoms with van der Waals surface area (Å²) in [7, 11) is 0. The Hall–Kier alpha value is -1.10. The Morgan fingerprint density at radius 1 is 1.24 bits per heavy atom. The number of nitrogens with two attached hydrogens (primary N) is 1. The largest absolute Gasteiger partial charge is 0.490 e.